The van der Waals surface area contributed by atoms with Gasteiger partial charge < -0.3 is 14.7 Å². The van der Waals surface area contributed by atoms with E-state index in [-0.39, 0.29) is 30.0 Å². The molecule has 0 spiro atoms. The van der Waals surface area contributed by atoms with E-state index in [2.05, 4.69) is 5.10 Å². The molecule has 2 N–H and O–H groups in total. The number of hydrogen-bond donors (Lipinski definition) is 2. The number of aromatic nitrogens is 3. The number of esters is 1. The molecular weight excluding hydrogens is 391 g/mol. The van der Waals surface area contributed by atoms with Gasteiger partial charge in [-0.1, -0.05) is 0 Å². The molecule has 1 atom stereocenters. The molecule has 11 heteroatoms. The van der Waals surface area contributed by atoms with E-state index in [1.54, 1.807) is 13.8 Å². The lowest BCUT2D eigenvalue weighted by atomic mass is 9.99. The van der Waals surface area contributed by atoms with Crippen molar-refractivity contribution in [2.75, 3.05) is 6.61 Å². The Kier molecular flexibility index (Phi) is 6.40. The summed E-state index contributed by atoms with van der Waals surface area (Å²) in [5, 5.41) is 19.4. The van der Waals surface area contributed by atoms with Crippen LogP contribution in [0.3, 0.4) is 0 Å². The van der Waals surface area contributed by atoms with Gasteiger partial charge in [-0.2, -0.15) is 18.3 Å². The normalized spacial score (nSPS) is 12.5. The SMILES string of the molecule is CCOC(=O)c1cc(C(C=N)C(=N)n2nc(C(F)(F)F)cc2C)cn(CC)c1=O. The second-order valence-corrected chi connectivity index (χ2v) is 6.11. The van der Waals surface area contributed by atoms with Gasteiger partial charge in [0.2, 0.25) is 0 Å². The quantitative estimate of drug-likeness (QED) is 0.432. The van der Waals surface area contributed by atoms with Crippen molar-refractivity contribution in [1.29, 1.82) is 10.8 Å². The Morgan fingerprint density at radius 3 is 2.48 bits per heavy atom. The van der Waals surface area contributed by atoms with Gasteiger partial charge in [0.15, 0.2) is 5.69 Å². The average Bonchev–Trinajstić information content (AvgIpc) is 3.05. The van der Waals surface area contributed by atoms with E-state index in [0.717, 1.165) is 17.0 Å². The molecule has 0 fully saturated rings. The third-order valence-electron chi connectivity index (χ3n) is 4.17. The number of nitrogens with one attached hydrogen (secondary N) is 2. The van der Waals surface area contributed by atoms with Crippen LogP contribution in [0.1, 0.15) is 47.1 Å². The van der Waals surface area contributed by atoms with E-state index < -0.39 is 35.2 Å². The summed E-state index contributed by atoms with van der Waals surface area (Å²) in [5.41, 5.74) is -1.77. The molecule has 0 amide bonds. The minimum atomic E-state index is -4.68. The number of nitrogens with zero attached hydrogens (tertiary/aromatic N) is 3. The van der Waals surface area contributed by atoms with E-state index in [9.17, 15) is 22.8 Å². The highest BCUT2D eigenvalue weighted by Gasteiger charge is 2.35. The fraction of sp³-hybridized carbons (Fsp3) is 0.389. The number of halogens is 3. The van der Waals surface area contributed by atoms with E-state index in [4.69, 9.17) is 15.6 Å². The summed E-state index contributed by atoms with van der Waals surface area (Å²) >= 11 is 0. The smallest absolute Gasteiger partial charge is 0.435 e. The van der Waals surface area contributed by atoms with Crippen LogP contribution >= 0.6 is 0 Å². The molecule has 2 aromatic heterocycles. The number of ether oxygens (including phenoxy) is 1. The maximum Gasteiger partial charge on any atom is 0.435 e. The largest absolute Gasteiger partial charge is 0.462 e. The molecule has 2 rings (SSSR count). The first-order valence-corrected chi connectivity index (χ1v) is 8.69. The van der Waals surface area contributed by atoms with Crippen molar-refractivity contribution in [3.63, 3.8) is 0 Å². The van der Waals surface area contributed by atoms with Crippen LogP contribution in [-0.4, -0.2) is 39.0 Å². The summed E-state index contributed by atoms with van der Waals surface area (Å²) in [6.45, 7) is 4.85. The molecule has 0 aliphatic carbocycles. The van der Waals surface area contributed by atoms with Crippen LogP contribution in [0.15, 0.2) is 23.1 Å². The van der Waals surface area contributed by atoms with Crippen molar-refractivity contribution in [3.05, 3.63) is 51.2 Å². The number of hydrogen-bond acceptors (Lipinski definition) is 6. The standard InChI is InChI=1S/C18H20F3N5O3/c1-4-25-9-11(7-12(16(25)27)17(28)29-5-2)13(8-22)15(23)26-10(3)6-14(24-26)18(19,20)21/h6-9,13,22-23H,4-5H2,1-3H3. The highest BCUT2D eigenvalue weighted by molar-refractivity contribution is 6.01. The first-order valence-electron chi connectivity index (χ1n) is 8.69. The Bertz CT molecular complexity index is 1010. The zero-order valence-electron chi connectivity index (χ0n) is 16.0. The molecule has 0 saturated heterocycles. The third kappa shape index (κ3) is 4.44. The summed E-state index contributed by atoms with van der Waals surface area (Å²) in [4.78, 5) is 24.5. The lowest BCUT2D eigenvalue weighted by Gasteiger charge is -2.17. The van der Waals surface area contributed by atoms with E-state index in [1.807, 2.05) is 0 Å². The van der Waals surface area contributed by atoms with Gasteiger partial charge >= 0.3 is 12.1 Å². The Labute approximate surface area is 163 Å². The van der Waals surface area contributed by atoms with Gasteiger partial charge in [0.25, 0.3) is 5.56 Å². The molecule has 0 saturated carbocycles. The van der Waals surface area contributed by atoms with Gasteiger partial charge in [-0.3, -0.25) is 10.2 Å². The molecule has 2 aromatic rings. The predicted octanol–water partition coefficient (Wildman–Crippen LogP) is 2.83. The Morgan fingerprint density at radius 1 is 1.34 bits per heavy atom. The van der Waals surface area contributed by atoms with E-state index >= 15 is 0 Å². The van der Waals surface area contributed by atoms with Gasteiger partial charge in [0, 0.05) is 24.7 Å². The van der Waals surface area contributed by atoms with Crippen LogP contribution in [0.4, 0.5) is 13.2 Å². The number of aryl methyl sites for hydroxylation is 2. The van der Waals surface area contributed by atoms with Crippen LogP contribution in [0, 0.1) is 17.7 Å². The third-order valence-corrected chi connectivity index (χ3v) is 4.17. The summed E-state index contributed by atoms with van der Waals surface area (Å²) in [5.74, 6) is -2.42. The molecule has 8 nitrogen and oxygen atoms in total. The van der Waals surface area contributed by atoms with Gasteiger partial charge in [-0.15, -0.1) is 0 Å². The number of rotatable bonds is 6. The van der Waals surface area contributed by atoms with E-state index in [1.165, 1.54) is 23.8 Å². The van der Waals surface area contributed by atoms with Gasteiger partial charge in [0.05, 0.1) is 12.5 Å². The van der Waals surface area contributed by atoms with Gasteiger partial charge in [-0.05, 0) is 38.5 Å². The second kappa shape index (κ2) is 8.41. The molecule has 156 valence electrons. The minimum Gasteiger partial charge on any atom is -0.462 e. The summed E-state index contributed by atoms with van der Waals surface area (Å²) in [6, 6.07) is 1.99. The molecule has 0 aliphatic heterocycles. The van der Waals surface area contributed by atoms with Crippen LogP contribution < -0.4 is 5.56 Å². The fourth-order valence-electron chi connectivity index (χ4n) is 2.74. The maximum absolute atomic E-state index is 12.9. The first kappa shape index (κ1) is 22.1. The monoisotopic (exact) mass is 411 g/mol. The topological polar surface area (TPSA) is 114 Å². The average molecular weight is 411 g/mol. The van der Waals surface area contributed by atoms with Crippen molar-refractivity contribution in [3.8, 4) is 0 Å². The zero-order chi connectivity index (χ0) is 21.9. The van der Waals surface area contributed by atoms with Crippen molar-refractivity contribution in [2.45, 2.75) is 39.4 Å². The number of pyridine rings is 1. The first-order chi connectivity index (χ1) is 13.5. The molecule has 29 heavy (non-hydrogen) atoms. The van der Waals surface area contributed by atoms with Gasteiger partial charge in [0.1, 0.15) is 11.4 Å². The summed E-state index contributed by atoms with van der Waals surface area (Å²) in [7, 11) is 0. The summed E-state index contributed by atoms with van der Waals surface area (Å²) in [6.07, 6.45) is -2.48. The van der Waals surface area contributed by atoms with Crippen LogP contribution in [0.2, 0.25) is 0 Å². The Balaban J connectivity index is 2.57. The number of carbonyl (C=O) groups excluding carboxylic acids is 1. The fourth-order valence-corrected chi connectivity index (χ4v) is 2.74. The lowest BCUT2D eigenvalue weighted by molar-refractivity contribution is -0.141. The van der Waals surface area contributed by atoms with Crippen LogP contribution in [-0.2, 0) is 17.5 Å². The van der Waals surface area contributed by atoms with Crippen LogP contribution in [0.25, 0.3) is 0 Å². The molecule has 0 radical (unpaired) electrons. The molecular formula is C18H20F3N5O3. The maximum atomic E-state index is 12.9. The zero-order valence-corrected chi connectivity index (χ0v) is 16.0. The molecule has 2 heterocycles. The highest BCUT2D eigenvalue weighted by Crippen LogP contribution is 2.29. The number of alkyl halides is 3. The second-order valence-electron chi connectivity index (χ2n) is 6.11. The van der Waals surface area contributed by atoms with Crippen molar-refractivity contribution >= 4 is 18.0 Å². The lowest BCUT2D eigenvalue weighted by Crippen LogP contribution is -2.30. The molecule has 0 aliphatic rings. The molecule has 1 unspecified atom stereocenters. The van der Waals surface area contributed by atoms with Crippen molar-refractivity contribution in [1.82, 2.24) is 14.3 Å². The predicted molar refractivity (Wildman–Crippen MR) is 98.9 cm³/mol. The van der Waals surface area contributed by atoms with Gasteiger partial charge in [-0.25, -0.2) is 9.48 Å². The molecule has 0 aromatic carbocycles. The number of carbonyl (C=O) groups is 1. The van der Waals surface area contributed by atoms with Crippen LogP contribution in [0.5, 0.6) is 0 Å². The Morgan fingerprint density at radius 2 is 2.00 bits per heavy atom. The molecule has 0 bridgehead atoms. The van der Waals surface area contributed by atoms with E-state index in [0.29, 0.717) is 0 Å². The van der Waals surface area contributed by atoms with Crippen molar-refractivity contribution in [2.24, 2.45) is 0 Å². The summed E-state index contributed by atoms with van der Waals surface area (Å²) < 4.78 is 45.7. The van der Waals surface area contributed by atoms with Crippen molar-refractivity contribution < 1.29 is 22.7 Å². The Hall–Kier alpha value is -3.24. The minimum absolute atomic E-state index is 0.0468. The highest BCUT2D eigenvalue weighted by atomic mass is 19.4.